The topological polar surface area (TPSA) is 158 Å². The molecule has 234 valence electrons. The monoisotopic (exact) mass is 648 g/mol. The Labute approximate surface area is 262 Å². The van der Waals surface area contributed by atoms with Crippen LogP contribution < -0.4 is 10.0 Å². The van der Waals surface area contributed by atoms with Crippen LogP contribution in [0.15, 0.2) is 114 Å². The summed E-state index contributed by atoms with van der Waals surface area (Å²) < 4.78 is 61.0. The summed E-state index contributed by atoms with van der Waals surface area (Å²) in [5, 5.41) is 15.0. The molecule has 0 amide bonds. The molecule has 0 saturated carbocycles. The molecule has 2 aliphatic rings. The molecular weight excluding hydrogens is 615 g/mol. The molecule has 45 heavy (non-hydrogen) atoms. The van der Waals surface area contributed by atoms with E-state index in [1.807, 2.05) is 79.4 Å². The lowest BCUT2D eigenvalue weighted by Gasteiger charge is -2.29. The number of nitrogens with zero attached hydrogens (tertiary/aromatic N) is 2. The quantitative estimate of drug-likeness (QED) is 0.170. The number of sulfonamides is 1. The van der Waals surface area contributed by atoms with E-state index in [2.05, 4.69) is 0 Å². The fourth-order valence-electron chi connectivity index (χ4n) is 6.28. The molecule has 0 radical (unpaired) electrons. The molecule has 3 aromatic rings. The molecule has 1 unspecified atom stereocenters. The number of primary sulfonamides is 1. The van der Waals surface area contributed by atoms with Crippen LogP contribution >= 0.6 is 0 Å². The van der Waals surface area contributed by atoms with Gasteiger partial charge in [0.15, 0.2) is 5.71 Å². The largest absolute Gasteiger partial charge is 0.477 e. The predicted octanol–water partition coefficient (Wildman–Crippen LogP) is 4.79. The lowest BCUT2D eigenvalue weighted by atomic mass is 9.81. The molecular formula is C33H34N3O7S2+. The zero-order valence-corrected chi connectivity index (χ0v) is 26.6. The van der Waals surface area contributed by atoms with E-state index in [-0.39, 0.29) is 11.4 Å². The SMILES string of the molecule is CC1(C)C(/C=C/C=C/C=C2/N(c3ccccc3)c3ccc(S(N)(=O)=O)cc3C2(C)CS(=O)(=O)O)=[N+](CC(=O)O)c2ccccc21. The highest BCUT2D eigenvalue weighted by molar-refractivity contribution is 7.89. The Morgan fingerprint density at radius 2 is 1.58 bits per heavy atom. The minimum Gasteiger partial charge on any atom is -0.477 e. The molecule has 0 aliphatic carbocycles. The van der Waals surface area contributed by atoms with Crippen LogP contribution in [0.3, 0.4) is 0 Å². The first-order valence-electron chi connectivity index (χ1n) is 14.0. The lowest BCUT2D eigenvalue weighted by molar-refractivity contribution is -0.428. The van der Waals surface area contributed by atoms with Gasteiger partial charge in [0.1, 0.15) is 0 Å². The summed E-state index contributed by atoms with van der Waals surface area (Å²) in [6.45, 7) is 5.49. The molecule has 2 heterocycles. The Bertz CT molecular complexity index is 2030. The Morgan fingerprint density at radius 3 is 2.22 bits per heavy atom. The second kappa shape index (κ2) is 11.5. The minimum atomic E-state index is -4.54. The molecule has 10 nitrogen and oxygen atoms in total. The molecule has 3 aromatic carbocycles. The number of benzene rings is 3. The van der Waals surface area contributed by atoms with E-state index in [0.717, 1.165) is 17.0 Å². The van der Waals surface area contributed by atoms with Crippen molar-refractivity contribution in [3.05, 3.63) is 120 Å². The molecule has 5 rings (SSSR count). The van der Waals surface area contributed by atoms with Crippen molar-refractivity contribution in [3.63, 3.8) is 0 Å². The van der Waals surface area contributed by atoms with Crippen molar-refractivity contribution in [2.75, 3.05) is 17.2 Å². The third-order valence-electron chi connectivity index (χ3n) is 8.25. The standard InChI is InChI=1S/C33H33N3O7S2/c1-32(2)25-14-10-11-15-27(25)35(21-31(37)38)29(32)16-8-5-9-17-30-33(3,22-44(39,40)41)26-20-24(45(34,42)43)18-19-28(26)36(30)23-12-6-4-7-13-23/h4-20H,21-22H2,1-3H3,(H3-,34,37,38,39,40,41,42,43)/p+1. The van der Waals surface area contributed by atoms with E-state index in [4.69, 9.17) is 5.14 Å². The summed E-state index contributed by atoms with van der Waals surface area (Å²) in [4.78, 5) is 13.4. The molecule has 0 spiro atoms. The first kappa shape index (κ1) is 32.0. The maximum atomic E-state index is 12.3. The van der Waals surface area contributed by atoms with E-state index >= 15 is 0 Å². The molecule has 4 N–H and O–H groups in total. The number of carboxylic acid groups (broad SMARTS) is 1. The average molecular weight is 649 g/mol. The maximum absolute atomic E-state index is 12.3. The van der Waals surface area contributed by atoms with Gasteiger partial charge in [-0.05, 0) is 62.7 Å². The summed E-state index contributed by atoms with van der Waals surface area (Å²) in [6.07, 6.45) is 8.81. The van der Waals surface area contributed by atoms with Crippen molar-refractivity contribution in [1.29, 1.82) is 0 Å². The number of rotatable bonds is 9. The Hall–Kier alpha value is -4.36. The average Bonchev–Trinajstić information content (AvgIpc) is 3.31. The van der Waals surface area contributed by atoms with Gasteiger partial charge in [-0.25, -0.2) is 18.4 Å². The van der Waals surface area contributed by atoms with Gasteiger partial charge in [0.25, 0.3) is 10.1 Å². The number of para-hydroxylation sites is 2. The van der Waals surface area contributed by atoms with E-state index in [9.17, 15) is 31.3 Å². The minimum absolute atomic E-state index is 0.182. The van der Waals surface area contributed by atoms with Gasteiger partial charge in [0.2, 0.25) is 22.3 Å². The normalized spacial score (nSPS) is 20.4. The van der Waals surface area contributed by atoms with Gasteiger partial charge in [-0.1, -0.05) is 54.6 Å². The van der Waals surface area contributed by atoms with Crippen molar-refractivity contribution in [3.8, 4) is 0 Å². The Morgan fingerprint density at radius 1 is 0.911 bits per heavy atom. The zero-order chi connectivity index (χ0) is 32.8. The van der Waals surface area contributed by atoms with Crippen molar-refractivity contribution in [2.24, 2.45) is 5.14 Å². The number of carbonyl (C=O) groups is 1. The van der Waals surface area contributed by atoms with E-state index in [1.54, 1.807) is 41.9 Å². The van der Waals surface area contributed by atoms with E-state index < -0.39 is 42.7 Å². The molecule has 12 heteroatoms. The van der Waals surface area contributed by atoms with Gasteiger partial charge >= 0.3 is 5.97 Å². The van der Waals surface area contributed by atoms with Crippen molar-refractivity contribution >= 4 is 48.9 Å². The van der Waals surface area contributed by atoms with Crippen LogP contribution in [0.1, 0.15) is 31.9 Å². The van der Waals surface area contributed by atoms with Crippen molar-refractivity contribution in [2.45, 2.75) is 36.5 Å². The van der Waals surface area contributed by atoms with Gasteiger partial charge in [0.05, 0.1) is 27.2 Å². The number of fused-ring (bicyclic) bond motifs is 2. The van der Waals surface area contributed by atoms with Gasteiger partial charge < -0.3 is 10.0 Å². The van der Waals surface area contributed by atoms with Gasteiger partial charge in [-0.3, -0.25) is 4.55 Å². The van der Waals surface area contributed by atoms with Crippen LogP contribution in [0.4, 0.5) is 17.1 Å². The van der Waals surface area contributed by atoms with Gasteiger partial charge in [0, 0.05) is 29.1 Å². The maximum Gasteiger partial charge on any atom is 0.370 e. The van der Waals surface area contributed by atoms with Gasteiger partial charge in [-0.15, -0.1) is 0 Å². The highest BCUT2D eigenvalue weighted by Gasteiger charge is 2.47. The molecule has 0 saturated heterocycles. The predicted molar refractivity (Wildman–Crippen MR) is 173 cm³/mol. The molecule has 0 aromatic heterocycles. The van der Waals surface area contributed by atoms with Crippen LogP contribution in [-0.4, -0.2) is 55.0 Å². The van der Waals surface area contributed by atoms with E-state index in [0.29, 0.717) is 22.6 Å². The van der Waals surface area contributed by atoms with E-state index in [1.165, 1.54) is 12.1 Å². The number of hydrogen-bond donors (Lipinski definition) is 3. The Kier molecular flexibility index (Phi) is 8.21. The van der Waals surface area contributed by atoms with Crippen LogP contribution in [-0.2, 0) is 35.8 Å². The first-order chi connectivity index (χ1) is 21.0. The summed E-state index contributed by atoms with van der Waals surface area (Å²) in [7, 11) is -8.65. The zero-order valence-electron chi connectivity index (χ0n) is 25.0. The Balaban J connectivity index is 1.61. The van der Waals surface area contributed by atoms with Crippen LogP contribution in [0, 0.1) is 0 Å². The molecule has 1 atom stereocenters. The summed E-state index contributed by atoms with van der Waals surface area (Å²) in [6, 6.07) is 21.1. The lowest BCUT2D eigenvalue weighted by Crippen LogP contribution is -2.33. The van der Waals surface area contributed by atoms with Crippen molar-refractivity contribution < 1.29 is 35.9 Å². The fourth-order valence-corrected chi connectivity index (χ4v) is 7.85. The number of carboxylic acids is 1. The molecule has 2 aliphatic heterocycles. The summed E-state index contributed by atoms with van der Waals surface area (Å²) in [5.74, 6) is -1.67. The van der Waals surface area contributed by atoms with Crippen LogP contribution in [0.2, 0.25) is 0 Å². The first-order valence-corrected chi connectivity index (χ1v) is 17.2. The van der Waals surface area contributed by atoms with Crippen molar-refractivity contribution in [1.82, 2.24) is 0 Å². The number of nitrogens with two attached hydrogens (primary N) is 1. The smallest absolute Gasteiger partial charge is 0.370 e. The summed E-state index contributed by atoms with van der Waals surface area (Å²) in [5.41, 5.74) is 2.91. The second-order valence-electron chi connectivity index (χ2n) is 11.8. The highest BCUT2D eigenvalue weighted by atomic mass is 32.2. The molecule has 0 fully saturated rings. The number of anilines is 2. The highest BCUT2D eigenvalue weighted by Crippen LogP contribution is 2.52. The number of hydrogen-bond acceptors (Lipinski definition) is 6. The summed E-state index contributed by atoms with van der Waals surface area (Å²) >= 11 is 0. The third kappa shape index (κ3) is 6.14. The van der Waals surface area contributed by atoms with Crippen LogP contribution in [0.25, 0.3) is 0 Å². The third-order valence-corrected chi connectivity index (χ3v) is 10.1. The number of aliphatic carboxylic acids is 1. The molecule has 0 bridgehead atoms. The van der Waals surface area contributed by atoms with Crippen LogP contribution in [0.5, 0.6) is 0 Å². The van der Waals surface area contributed by atoms with Gasteiger partial charge in [-0.2, -0.15) is 13.0 Å². The number of allylic oxidation sites excluding steroid dienone is 6. The fraction of sp³-hybridized carbons (Fsp3) is 0.212. The second-order valence-corrected chi connectivity index (χ2v) is 14.8.